The van der Waals surface area contributed by atoms with E-state index < -0.39 is 80.8 Å². The van der Waals surface area contributed by atoms with E-state index >= 15 is 8.78 Å². The predicted octanol–water partition coefficient (Wildman–Crippen LogP) is 9.41. The van der Waals surface area contributed by atoms with Crippen LogP contribution in [0.4, 0.5) is 20.4 Å². The maximum absolute atomic E-state index is 18.4. The number of anilines is 2. The fourth-order valence-corrected chi connectivity index (χ4v) is 11.3. The Labute approximate surface area is 459 Å². The smallest absolute Gasteiger partial charge is 0.256 e. The van der Waals surface area contributed by atoms with Gasteiger partial charge < -0.3 is 34.3 Å². The standard InChI is InChI=1S/C57H52BF2N10O9P/c1-5-41-43(59)48(56(76-41)70-33-66-46-50(62-31-64-52(46)70)68-54(72)35-17-11-7-12-18-35)79-80(4,58)75-29-42-47(44(60)55(77-42)69-32-65-45-49(61-30-63-51(45)69)67-53(71)34-15-9-6-10-16-34)78-57(36-19-13-8-14-20-36,37-21-25-39(73-2)26-22-37)38-23-27-40(74-3)28-24-38/h6-28,30-33,41-44,47-48,55-56H,5,29H2,1-4H3,(H-,61,62,63,64,67,68,71,72)/q-1/p+1/t41?,42-,43?,44?,47+,48?,55-,56?,80?/m1/s1. The molecule has 2 aliphatic heterocycles. The van der Waals surface area contributed by atoms with Crippen molar-refractivity contribution in [3.05, 3.63) is 193 Å². The number of carbonyl (C=O) groups is 2. The van der Waals surface area contributed by atoms with Crippen molar-refractivity contribution in [2.75, 3.05) is 38.1 Å². The number of nitrogens with one attached hydrogen (secondary N) is 2. The number of rotatable bonds is 19. The molecular weight excluding hydrogens is 1050 g/mol. The molecule has 0 bridgehead atoms. The molecule has 407 valence electrons. The van der Waals surface area contributed by atoms with Gasteiger partial charge in [-0.2, -0.15) is 0 Å². The molecule has 2 N–H and O–H groups in total. The van der Waals surface area contributed by atoms with Gasteiger partial charge in [-0.1, -0.05) is 97.9 Å². The number of methoxy groups -OCH3 is 2. The Morgan fingerprint density at radius 2 is 1.07 bits per heavy atom. The number of amides is 2. The molecule has 2 aliphatic rings. The van der Waals surface area contributed by atoms with Gasteiger partial charge in [0.05, 0.1) is 39.6 Å². The number of ether oxygens (including phenoxy) is 5. The fourth-order valence-electron chi connectivity index (χ4n) is 10.1. The van der Waals surface area contributed by atoms with E-state index in [0.29, 0.717) is 39.3 Å². The van der Waals surface area contributed by atoms with E-state index in [2.05, 4.69) is 40.5 Å². The molecule has 23 heteroatoms. The van der Waals surface area contributed by atoms with Crippen LogP contribution in [0, 0.1) is 0 Å². The van der Waals surface area contributed by atoms with Gasteiger partial charge >= 0.3 is 0 Å². The van der Waals surface area contributed by atoms with Gasteiger partial charge in [0.2, 0.25) is 0 Å². The summed E-state index contributed by atoms with van der Waals surface area (Å²) in [7, 11) is 6.47. The Kier molecular flexibility index (Phi) is 15.4. The first-order chi connectivity index (χ1) is 38.9. The summed E-state index contributed by atoms with van der Waals surface area (Å²) >= 11 is 0. The molecule has 3 radical (unpaired) electrons. The van der Waals surface area contributed by atoms with E-state index in [9.17, 15) is 9.59 Å². The summed E-state index contributed by atoms with van der Waals surface area (Å²) < 4.78 is 82.7. The molecular formula is C57H53BF2N10O9P. The van der Waals surface area contributed by atoms with Gasteiger partial charge in [0, 0.05) is 18.7 Å². The molecule has 6 unspecified atom stereocenters. The number of alkyl halides is 2. The van der Waals surface area contributed by atoms with Gasteiger partial charge in [-0.3, -0.25) is 27.8 Å². The maximum atomic E-state index is 18.4. The van der Waals surface area contributed by atoms with Crippen LogP contribution in [0.3, 0.4) is 0 Å². The Morgan fingerprint density at radius 1 is 0.613 bits per heavy atom. The molecule has 2 amide bonds. The van der Waals surface area contributed by atoms with Crippen LogP contribution in [0.15, 0.2) is 165 Å². The molecule has 0 aliphatic carbocycles. The van der Waals surface area contributed by atoms with Crippen molar-refractivity contribution in [2.24, 2.45) is 0 Å². The monoisotopic (exact) mass is 1100 g/mol. The molecule has 2 saturated heterocycles. The zero-order valence-electron chi connectivity index (χ0n) is 43.7. The second-order valence-corrected chi connectivity index (χ2v) is 21.3. The fraction of sp³-hybridized carbons (Fsp3) is 0.263. The third-order valence-corrected chi connectivity index (χ3v) is 15.4. The summed E-state index contributed by atoms with van der Waals surface area (Å²) in [5.41, 5.74) is 1.84. The Morgan fingerprint density at radius 3 is 1.56 bits per heavy atom. The van der Waals surface area contributed by atoms with E-state index in [0.717, 1.165) is 0 Å². The van der Waals surface area contributed by atoms with Crippen molar-refractivity contribution in [3.8, 4) is 11.5 Å². The summed E-state index contributed by atoms with van der Waals surface area (Å²) in [6.07, 6.45) is -5.89. The van der Waals surface area contributed by atoms with Gasteiger partial charge in [0.15, 0.2) is 64.9 Å². The van der Waals surface area contributed by atoms with E-state index in [1.54, 1.807) is 106 Å². The van der Waals surface area contributed by atoms with Gasteiger partial charge in [-0.25, -0.2) is 46.3 Å². The number of hydrogen-bond acceptors (Lipinski definition) is 15. The minimum atomic E-state index is -3.64. The maximum Gasteiger partial charge on any atom is 0.256 e. The molecule has 0 saturated carbocycles. The summed E-state index contributed by atoms with van der Waals surface area (Å²) in [6.45, 7) is 2.85. The number of halogens is 2. The van der Waals surface area contributed by atoms with Crippen molar-refractivity contribution >= 4 is 60.9 Å². The van der Waals surface area contributed by atoms with Crippen LogP contribution in [0.1, 0.15) is 63.2 Å². The van der Waals surface area contributed by atoms with Crippen LogP contribution in [-0.4, -0.2) is 123 Å². The Hall–Kier alpha value is -8.11. The summed E-state index contributed by atoms with van der Waals surface area (Å²) in [5.74, 6) is 0.500. The summed E-state index contributed by atoms with van der Waals surface area (Å²) in [4.78, 5) is 53.1. The third kappa shape index (κ3) is 10.5. The normalized spacial score (nSPS) is 21.8. The number of imidazole rings is 2. The van der Waals surface area contributed by atoms with Crippen LogP contribution in [0.2, 0.25) is 0 Å². The second-order valence-electron chi connectivity index (χ2n) is 19.0. The van der Waals surface area contributed by atoms with E-state index in [-0.39, 0.29) is 40.4 Å². The molecule has 11 rings (SSSR count). The van der Waals surface area contributed by atoms with Crippen molar-refractivity contribution in [2.45, 2.75) is 68.2 Å². The molecule has 19 nitrogen and oxygen atoms in total. The van der Waals surface area contributed by atoms with Crippen molar-refractivity contribution < 1.29 is 51.1 Å². The van der Waals surface area contributed by atoms with E-state index in [4.69, 9.17) is 40.3 Å². The summed E-state index contributed by atoms with van der Waals surface area (Å²) in [5, 5.41) is 5.59. The molecule has 0 spiro atoms. The Bertz CT molecular complexity index is 3570. The molecule has 6 heterocycles. The highest BCUT2D eigenvalue weighted by molar-refractivity contribution is 7.89. The van der Waals surface area contributed by atoms with Crippen LogP contribution in [0.25, 0.3) is 22.3 Å². The van der Waals surface area contributed by atoms with E-state index in [1.807, 2.05) is 54.6 Å². The molecule has 2 fully saturated rings. The number of hydrogen-bond donors (Lipinski definition) is 2. The topological polar surface area (TPSA) is 210 Å². The van der Waals surface area contributed by atoms with Crippen LogP contribution in [0.5, 0.6) is 11.5 Å². The lowest BCUT2D eigenvalue weighted by Crippen LogP contribution is -2.44. The highest BCUT2D eigenvalue weighted by atomic mass is 31.2. The number of fused-ring (bicyclic) bond motifs is 2. The third-order valence-electron chi connectivity index (χ3n) is 14.0. The average molecular weight is 1100 g/mol. The lowest BCUT2D eigenvalue weighted by Gasteiger charge is -2.40. The quantitative estimate of drug-likeness (QED) is 0.0439. The molecule has 9 aromatic rings. The number of nitrogens with zero attached hydrogens (tertiary/aromatic N) is 8. The first-order valence-electron chi connectivity index (χ1n) is 25.6. The molecule has 4 aromatic heterocycles. The first kappa shape index (κ1) is 53.9. The minimum absolute atomic E-state index is 0.0868. The molecule has 5 aromatic carbocycles. The largest absolute Gasteiger partial charge is 0.497 e. The molecule has 9 atom stereocenters. The molecule has 80 heavy (non-hydrogen) atoms. The minimum Gasteiger partial charge on any atom is -0.497 e. The van der Waals surface area contributed by atoms with Gasteiger partial charge in [-0.05, 0) is 71.6 Å². The van der Waals surface area contributed by atoms with Crippen molar-refractivity contribution in [1.82, 2.24) is 39.0 Å². The predicted molar refractivity (Wildman–Crippen MR) is 294 cm³/mol. The van der Waals surface area contributed by atoms with Gasteiger partial charge in [-0.15, -0.1) is 0 Å². The van der Waals surface area contributed by atoms with Gasteiger partial charge in [0.25, 0.3) is 11.8 Å². The van der Waals surface area contributed by atoms with Crippen molar-refractivity contribution in [3.63, 3.8) is 0 Å². The SMILES string of the molecule is [B-][P+](C)(OC[C@H]1O[C@@H](n2cnc3c(NC(=O)c4ccccc4)ncnc32)C(F)[C@H]1OC(c1ccccc1)(c1ccc(OC)cc1)c1ccc(OC)cc1)OC1C(F)C(CC)OC1n1cnc2c(NC(=O)c3ccccc3)ncnc21. The number of aromatic nitrogens is 8. The lowest BCUT2D eigenvalue weighted by molar-refractivity contribution is -0.103. The van der Waals surface area contributed by atoms with E-state index in [1.165, 1.54) is 41.1 Å². The van der Waals surface area contributed by atoms with Gasteiger partial charge in [0.1, 0.15) is 48.6 Å². The summed E-state index contributed by atoms with van der Waals surface area (Å²) in [6, 6.07) is 41.1. The Balaban J connectivity index is 0.941. The average Bonchev–Trinajstić information content (AvgIpc) is 4.35. The van der Waals surface area contributed by atoms with Crippen LogP contribution >= 0.6 is 7.59 Å². The second kappa shape index (κ2) is 22.9. The van der Waals surface area contributed by atoms with Crippen molar-refractivity contribution in [1.29, 1.82) is 0 Å². The zero-order chi connectivity index (χ0) is 55.5. The lowest BCUT2D eigenvalue weighted by atomic mass is 9.79. The number of benzene rings is 5. The van der Waals surface area contributed by atoms with Crippen LogP contribution in [-0.2, 0) is 28.9 Å². The highest BCUT2D eigenvalue weighted by Crippen LogP contribution is 2.58. The first-order valence-corrected chi connectivity index (χ1v) is 27.7. The van der Waals surface area contributed by atoms with Crippen LogP contribution < -0.4 is 20.1 Å². The number of carbonyl (C=O) groups excluding carboxylic acids is 2. The highest BCUT2D eigenvalue weighted by Gasteiger charge is 2.54. The zero-order valence-corrected chi connectivity index (χ0v) is 44.5.